The maximum Gasteiger partial charge on any atom is 0.524 e. The van der Waals surface area contributed by atoms with E-state index in [0.717, 1.165) is 31.4 Å². The molecular weight excluding hydrogens is 594 g/mol. The number of hydrogen-bond donors (Lipinski definition) is 4. The zero-order chi connectivity index (χ0) is 30.9. The summed E-state index contributed by atoms with van der Waals surface area (Å²) in [4.78, 5) is 70.6. The Kier molecular flexibility index (Phi) is 11.9. The number of rotatable bonds is 7. The van der Waals surface area contributed by atoms with Gasteiger partial charge in [-0.3, -0.25) is 24.4 Å². The number of phosphoric ester groups is 2. The number of allylic oxidation sites excluding steroid dienone is 3. The molecular formula is C26H36N2O12P2. The number of benzene rings is 1. The van der Waals surface area contributed by atoms with E-state index in [-0.39, 0.29) is 36.1 Å². The zero-order valence-electron chi connectivity index (χ0n) is 23.3. The summed E-state index contributed by atoms with van der Waals surface area (Å²) >= 11 is 0. The molecule has 0 bridgehead atoms. The van der Waals surface area contributed by atoms with Crippen molar-refractivity contribution in [1.29, 1.82) is 0 Å². The Morgan fingerprint density at radius 2 is 1.71 bits per heavy atom. The van der Waals surface area contributed by atoms with Gasteiger partial charge in [0.2, 0.25) is 0 Å². The van der Waals surface area contributed by atoms with Gasteiger partial charge in [-0.1, -0.05) is 30.3 Å². The number of carbonyl (C=O) groups excluding carboxylic acids is 2. The third kappa shape index (κ3) is 11.4. The summed E-state index contributed by atoms with van der Waals surface area (Å²) in [6.07, 6.45) is 10.1. The van der Waals surface area contributed by atoms with Crippen LogP contribution in [-0.4, -0.2) is 67.9 Å². The molecule has 3 rings (SSSR count). The monoisotopic (exact) mass is 630 g/mol. The van der Waals surface area contributed by atoms with Crippen LogP contribution in [0.4, 0.5) is 0 Å². The quantitative estimate of drug-likeness (QED) is 0.148. The van der Waals surface area contributed by atoms with Crippen LogP contribution < -0.4 is 9.05 Å². The van der Waals surface area contributed by atoms with Crippen molar-refractivity contribution in [2.24, 2.45) is 11.1 Å². The second-order valence-corrected chi connectivity index (χ2v) is 12.4. The zero-order valence-corrected chi connectivity index (χ0v) is 25.1. The van der Waals surface area contributed by atoms with E-state index in [1.54, 1.807) is 24.0 Å². The molecule has 1 fully saturated rings. The number of hydrogen-bond acceptors (Lipinski definition) is 9. The fraction of sp³-hybridized carbons (Fsp3) is 0.500. The van der Waals surface area contributed by atoms with Gasteiger partial charge < -0.3 is 23.5 Å². The van der Waals surface area contributed by atoms with Crippen molar-refractivity contribution in [2.45, 2.75) is 58.5 Å². The van der Waals surface area contributed by atoms with Gasteiger partial charge in [0, 0.05) is 32.0 Å². The molecule has 16 heteroatoms. The molecule has 0 unspecified atom stereocenters. The fourth-order valence-electron chi connectivity index (χ4n) is 4.42. The second kappa shape index (κ2) is 15.0. The lowest BCUT2D eigenvalue weighted by Crippen LogP contribution is -2.37. The number of piperidine rings is 1. The lowest BCUT2D eigenvalue weighted by molar-refractivity contribution is -0.137. The summed E-state index contributed by atoms with van der Waals surface area (Å²) in [5.41, 5.74) is -0.271. The highest BCUT2D eigenvalue weighted by Crippen LogP contribution is 2.45. The molecule has 2 heterocycles. The standard InChI is InChI=1S/C26H36N2O12P2/c1-18-8-6-10-19(2)38-26(30)25-20(15-22(39-41(31,32)33)16-23(25)40-42(34,35)36)14-21(11-7-9-18)27-37-17-24(29)28-12-4-3-5-13-28/h6-8,11,15-16,18-19H,3-5,9-10,12-14,17H2,1-2H3,(H2,31,32,33)(H2,34,35,36)/b8-6+,11-7+,27-21+/t18-,19+/m0/s1. The number of amides is 1. The van der Waals surface area contributed by atoms with E-state index in [9.17, 15) is 38.3 Å². The smallest absolute Gasteiger partial charge is 0.459 e. The van der Waals surface area contributed by atoms with E-state index < -0.39 is 44.8 Å². The summed E-state index contributed by atoms with van der Waals surface area (Å²) in [5.74, 6) is -2.38. The number of likely N-dealkylation sites (tertiary alicyclic amines) is 1. The predicted octanol–water partition coefficient (Wildman–Crippen LogP) is 3.64. The summed E-state index contributed by atoms with van der Waals surface area (Å²) < 4.78 is 38.2. The lowest BCUT2D eigenvalue weighted by Gasteiger charge is -2.26. The maximum atomic E-state index is 13.3. The van der Waals surface area contributed by atoms with Gasteiger partial charge in [-0.15, -0.1) is 0 Å². The predicted molar refractivity (Wildman–Crippen MR) is 151 cm³/mol. The van der Waals surface area contributed by atoms with Gasteiger partial charge in [-0.25, -0.2) is 13.9 Å². The van der Waals surface area contributed by atoms with Crippen LogP contribution in [0.1, 0.15) is 61.9 Å². The molecule has 2 aliphatic heterocycles. The molecule has 1 amide bonds. The van der Waals surface area contributed by atoms with E-state index in [4.69, 9.17) is 14.1 Å². The number of esters is 1. The molecule has 4 N–H and O–H groups in total. The molecule has 1 saturated heterocycles. The summed E-state index contributed by atoms with van der Waals surface area (Å²) in [6, 6.07) is 1.87. The minimum atomic E-state index is -5.26. The summed E-state index contributed by atoms with van der Waals surface area (Å²) in [6.45, 7) is 4.54. The largest absolute Gasteiger partial charge is 0.524 e. The number of cyclic esters (lactones) is 1. The van der Waals surface area contributed by atoms with Gasteiger partial charge in [0.1, 0.15) is 23.2 Å². The molecule has 2 atom stereocenters. The molecule has 0 radical (unpaired) electrons. The molecule has 14 nitrogen and oxygen atoms in total. The molecule has 1 aromatic rings. The highest BCUT2D eigenvalue weighted by molar-refractivity contribution is 7.47. The summed E-state index contributed by atoms with van der Waals surface area (Å²) in [5, 5.41) is 4.08. The Bertz CT molecular complexity index is 1310. The molecule has 0 spiro atoms. The number of ether oxygens (including phenoxy) is 1. The Labute approximate surface area is 243 Å². The van der Waals surface area contributed by atoms with Crippen LogP contribution in [0.3, 0.4) is 0 Å². The topological polar surface area (TPSA) is 202 Å². The lowest BCUT2D eigenvalue weighted by atomic mass is 9.99. The first-order valence-electron chi connectivity index (χ1n) is 13.4. The van der Waals surface area contributed by atoms with Crippen LogP contribution >= 0.6 is 15.6 Å². The van der Waals surface area contributed by atoms with Gasteiger partial charge >= 0.3 is 21.6 Å². The van der Waals surface area contributed by atoms with Crippen molar-refractivity contribution >= 4 is 33.2 Å². The van der Waals surface area contributed by atoms with Crippen LogP contribution in [0.25, 0.3) is 0 Å². The van der Waals surface area contributed by atoms with Gasteiger partial charge in [0.25, 0.3) is 5.91 Å². The number of carbonyl (C=O) groups is 2. The highest BCUT2D eigenvalue weighted by Gasteiger charge is 2.29. The molecule has 232 valence electrons. The minimum absolute atomic E-state index is 0.0448. The van der Waals surface area contributed by atoms with Crippen molar-refractivity contribution in [3.05, 3.63) is 47.6 Å². The Hall–Kier alpha value is -2.99. The number of oxime groups is 1. The van der Waals surface area contributed by atoms with Gasteiger partial charge in [-0.05, 0) is 56.2 Å². The van der Waals surface area contributed by atoms with Crippen LogP contribution in [0.5, 0.6) is 11.5 Å². The Morgan fingerprint density at radius 3 is 2.38 bits per heavy atom. The van der Waals surface area contributed by atoms with Crippen LogP contribution in [0, 0.1) is 5.92 Å². The van der Waals surface area contributed by atoms with Gasteiger partial charge in [0.15, 0.2) is 6.61 Å². The fourth-order valence-corrected chi connectivity index (χ4v) is 5.20. The van der Waals surface area contributed by atoms with E-state index in [1.165, 1.54) is 0 Å². The molecule has 42 heavy (non-hydrogen) atoms. The average molecular weight is 631 g/mol. The van der Waals surface area contributed by atoms with Gasteiger partial charge in [-0.2, -0.15) is 0 Å². The van der Waals surface area contributed by atoms with Crippen LogP contribution in [0.2, 0.25) is 0 Å². The van der Waals surface area contributed by atoms with Crippen molar-refractivity contribution < 1.29 is 56.9 Å². The first kappa shape index (κ1) is 33.5. The normalized spacial score (nSPS) is 23.2. The highest BCUT2D eigenvalue weighted by atomic mass is 31.2. The third-order valence-corrected chi connectivity index (χ3v) is 7.20. The van der Waals surface area contributed by atoms with E-state index >= 15 is 0 Å². The van der Waals surface area contributed by atoms with Crippen molar-refractivity contribution in [2.75, 3.05) is 19.7 Å². The van der Waals surface area contributed by atoms with E-state index in [1.807, 2.05) is 19.1 Å². The average Bonchev–Trinajstić information content (AvgIpc) is 2.86. The number of nitrogens with zero attached hydrogens (tertiary/aromatic N) is 2. The van der Waals surface area contributed by atoms with Crippen molar-refractivity contribution in [3.63, 3.8) is 0 Å². The van der Waals surface area contributed by atoms with E-state index in [0.29, 0.717) is 25.9 Å². The minimum Gasteiger partial charge on any atom is -0.459 e. The van der Waals surface area contributed by atoms with Crippen LogP contribution in [0.15, 0.2) is 41.6 Å². The number of phosphoric acid groups is 2. The first-order valence-corrected chi connectivity index (χ1v) is 16.4. The van der Waals surface area contributed by atoms with Crippen molar-refractivity contribution in [1.82, 2.24) is 4.90 Å². The summed E-state index contributed by atoms with van der Waals surface area (Å²) in [7, 11) is -10.4. The third-order valence-electron chi connectivity index (χ3n) is 6.31. The second-order valence-electron chi connectivity index (χ2n) is 10.1. The van der Waals surface area contributed by atoms with Crippen LogP contribution in [-0.2, 0) is 29.9 Å². The molecule has 0 aliphatic carbocycles. The Balaban J connectivity index is 2.07. The van der Waals surface area contributed by atoms with E-state index in [2.05, 4.69) is 9.68 Å². The molecule has 0 aromatic heterocycles. The van der Waals surface area contributed by atoms with Crippen molar-refractivity contribution in [3.8, 4) is 11.5 Å². The number of fused-ring (bicyclic) bond motifs is 1. The van der Waals surface area contributed by atoms with Gasteiger partial charge in [0.05, 0.1) is 5.71 Å². The maximum absolute atomic E-state index is 13.3. The SMILES string of the molecule is C[C@@H]1C/C=C/[C@H](C)C/C=C/C(=N\OCC(=O)N2CCCCC2)Cc2cc(OP(=O)(O)O)cc(OP(=O)(O)O)c2C(=O)O1. The molecule has 1 aromatic carbocycles. The molecule has 2 aliphatic rings. The molecule has 0 saturated carbocycles. The first-order chi connectivity index (χ1) is 19.7. The Morgan fingerprint density at radius 1 is 1.02 bits per heavy atom.